The predicted molar refractivity (Wildman–Crippen MR) is 581 cm³/mol. The number of rotatable bonds is 9. The molecule has 0 bridgehead atoms. The quantitative estimate of drug-likeness (QED) is 0.104. The second-order valence-corrected chi connectivity index (χ2v) is 36.2. The Morgan fingerprint density at radius 1 is 0.263 bits per heavy atom. The van der Waals surface area contributed by atoms with Crippen LogP contribution in [0.3, 0.4) is 0 Å². The minimum atomic E-state index is -2.78. The molecular weight excluding hydrogens is 1710 g/mol. The predicted octanol–water partition coefficient (Wildman–Crippen LogP) is 27.0. The number of guanidine groups is 3. The van der Waals surface area contributed by atoms with Crippen LogP contribution in [0.1, 0.15) is 11.1 Å². The molecule has 7 aliphatic rings. The van der Waals surface area contributed by atoms with Crippen molar-refractivity contribution in [3.05, 3.63) is 575 Å². The highest BCUT2D eigenvalue weighted by Gasteiger charge is 2.31. The van der Waals surface area contributed by atoms with E-state index >= 15 is 0 Å². The summed E-state index contributed by atoms with van der Waals surface area (Å²) in [5.41, 5.74) is 10.1. The maximum absolute atomic E-state index is 13.8. The molecule has 660 valence electrons. The molecule has 19 aromatic rings. The van der Waals surface area contributed by atoms with Gasteiger partial charge in [-0.3, -0.25) is 0 Å². The average Bonchev–Trinajstić information content (AvgIpc) is 0.741. The van der Waals surface area contributed by atoms with Crippen LogP contribution in [0.2, 0.25) is 0 Å². The fraction of sp³-hybridized carbons (Fsp3) is 0.00820. The van der Waals surface area contributed by atoms with Crippen LogP contribution < -0.4 is 36.7 Å². The van der Waals surface area contributed by atoms with Crippen LogP contribution in [0.4, 0.5) is 17.1 Å². The van der Waals surface area contributed by atoms with Gasteiger partial charge < -0.3 is 14.4 Å². The van der Waals surface area contributed by atoms with Crippen LogP contribution in [0, 0.1) is 0 Å². The third kappa shape index (κ3) is 23.5. The first-order valence-corrected chi connectivity index (χ1v) is 48.2. The molecule has 0 saturated carbocycles. The first kappa shape index (κ1) is 91.4. The van der Waals surface area contributed by atoms with Gasteiger partial charge in [-0.2, -0.15) is 0 Å². The first-order valence-electron chi connectivity index (χ1n) is 45.2. The van der Waals surface area contributed by atoms with Crippen molar-refractivity contribution in [2.45, 2.75) is 6.42 Å². The van der Waals surface area contributed by atoms with Gasteiger partial charge in [-0.25, -0.2) is 49.8 Å². The fourth-order valence-corrected chi connectivity index (χ4v) is 21.3. The molecule has 0 radical (unpaired) electrons. The van der Waals surface area contributed by atoms with Gasteiger partial charge in [-0.1, -0.05) is 461 Å². The largest absolute Gasteiger partial charge is 0.311 e. The Morgan fingerprint density at radius 3 is 0.847 bits per heavy atom. The molecule has 15 heteroatoms. The first-order chi connectivity index (χ1) is 68.0. The van der Waals surface area contributed by atoms with E-state index < -0.39 is 15.1 Å². The number of aromatic nitrogens is 3. The lowest BCUT2D eigenvalue weighted by atomic mass is 9.93. The zero-order valence-corrected chi connectivity index (χ0v) is 76.9. The van der Waals surface area contributed by atoms with E-state index in [1.807, 2.05) is 146 Å². The number of allylic oxidation sites excluding steroid dienone is 10. The Balaban J connectivity index is 0.000000107. The maximum atomic E-state index is 13.8. The third-order valence-electron chi connectivity index (χ3n) is 22.5. The summed E-state index contributed by atoms with van der Waals surface area (Å²) in [6.07, 6.45) is 33.1. The van der Waals surface area contributed by atoms with E-state index in [9.17, 15) is 4.57 Å². The summed E-state index contributed by atoms with van der Waals surface area (Å²) >= 11 is 0. The molecule has 0 saturated heterocycles. The van der Waals surface area contributed by atoms with E-state index in [1.54, 1.807) is 4.90 Å². The highest BCUT2D eigenvalue weighted by atomic mass is 31.2. The van der Waals surface area contributed by atoms with Crippen LogP contribution in [0.15, 0.2) is 594 Å². The zero-order chi connectivity index (χ0) is 92.9. The average molecular weight is 1810 g/mol. The molecule has 6 aliphatic heterocycles. The summed E-state index contributed by atoms with van der Waals surface area (Å²) in [5.74, 6) is 1.49. The Bertz CT molecular complexity index is 6680. The Hall–Kier alpha value is -17.5. The van der Waals surface area contributed by atoms with Gasteiger partial charge in [0.1, 0.15) is 38.0 Å². The summed E-state index contributed by atoms with van der Waals surface area (Å²) in [7, 11) is -3.22. The van der Waals surface area contributed by atoms with Crippen LogP contribution in [-0.4, -0.2) is 61.6 Å². The van der Waals surface area contributed by atoms with E-state index in [4.69, 9.17) is 0 Å². The Labute approximate surface area is 801 Å². The van der Waals surface area contributed by atoms with Gasteiger partial charge in [0.05, 0.1) is 0 Å². The fourth-order valence-electron chi connectivity index (χ4n) is 16.3. The molecule has 1 aliphatic carbocycles. The molecule has 137 heavy (non-hydrogen) atoms. The van der Waals surface area contributed by atoms with E-state index in [0.717, 1.165) is 22.3 Å². The minimum Gasteiger partial charge on any atom is -0.311 e. The van der Waals surface area contributed by atoms with Crippen molar-refractivity contribution >= 4 is 161 Å². The van der Waals surface area contributed by atoms with Crippen molar-refractivity contribution in [1.29, 1.82) is 0 Å². The molecule has 0 amide bonds. The van der Waals surface area contributed by atoms with E-state index in [2.05, 4.69) is 443 Å². The van der Waals surface area contributed by atoms with Gasteiger partial charge in [-0.05, 0) is 168 Å². The zero-order valence-electron chi connectivity index (χ0n) is 75.1. The number of hydrogen-bond acceptors (Lipinski definition) is 13. The molecule has 0 atom stereocenters. The van der Waals surface area contributed by atoms with Crippen molar-refractivity contribution in [2.24, 2.45) is 30.0 Å². The van der Waals surface area contributed by atoms with Crippen LogP contribution in [-0.2, 0) is 11.0 Å². The van der Waals surface area contributed by atoms with Crippen LogP contribution in [0.5, 0.6) is 0 Å². The lowest BCUT2D eigenvalue weighted by molar-refractivity contribution is 0.563. The SMILES string of the molecule is C1=CC2=CC=CC3=CC=CC(=C1)N23.C1=Cc2cccc3cccc(c23)C1.C1=NC2=NC=NC3=NC=NC(=N1)N23.O=P(c1ccccc1)(c1ccccc1)c1ccccc1.c1ccc(N(c2ccccc2)c2ccccc2)cc1.c1ccc(P(c2ccccc2)c2ccccc2)cc1.c1ccc2c(c1)c1ccccc1c1ccccc21.c1ccc2ccccc2c1.c1ccccc1.c1ncncn1. The Kier molecular flexibility index (Phi) is 31.7. The molecule has 7 heterocycles. The lowest BCUT2D eigenvalue weighted by Gasteiger charge is -2.33. The molecule has 13 nitrogen and oxygen atoms in total. The Morgan fingerprint density at radius 2 is 0.533 bits per heavy atom. The summed E-state index contributed by atoms with van der Waals surface area (Å²) in [6, 6.07) is 160. The van der Waals surface area contributed by atoms with Crippen LogP contribution >= 0.6 is 15.1 Å². The molecule has 18 aromatic carbocycles. The standard InChI is InChI=1S/C18H15N.C18H15OP.C18H15P.C18H12.C13H10.C12H9N.C10H8.C6H3N7.C6H6.C3H3N3/c1-4-10-16(11-5-1)19(17-12-6-2-7-13-17)18-14-8-3-9-15-18;19-20(16-10-4-1-5-11-16,17-12-6-2-7-13-17)18-14-8-3-9-15-18;1-4-10-16(11-5-1)19(17-12-6-2-7-13-17)18-14-8-3-9-15-18;1-2-8-14-13(7-1)15-9-3-4-11-17(15)18-12-6-5-10-16(14)18;2*1-4-10-6-2-8-12-9-3-7-11(5-1)13(10)12;1-2-6-10-8-4-3-7-9(10)5-1;1-7-4-9-2-11-6-12-3-10-5(8-1)13(4)6;1-2-4-6-5-3-1;1-4-2-6-3-5-1/h1-15H;1-15H;1-15H;1-12H;1-8H,9H2;1-9H;1-8H;1-3H;1-6H;1-3H. The molecule has 0 spiro atoms. The lowest BCUT2D eigenvalue weighted by Crippen LogP contribution is -2.44. The van der Waals surface area contributed by atoms with Gasteiger partial charge in [-0.15, -0.1) is 0 Å². The molecule has 0 fully saturated rings. The number of aliphatic imine (C=N–C) groups is 6. The topological polar surface area (TPSA) is 140 Å². The molecule has 0 N–H and O–H groups in total. The number of hydrogen-bond donors (Lipinski definition) is 0. The van der Waals surface area contributed by atoms with E-state index in [-0.39, 0.29) is 0 Å². The van der Waals surface area contributed by atoms with E-state index in [1.165, 1.54) is 153 Å². The van der Waals surface area contributed by atoms with Crippen molar-refractivity contribution in [3.8, 4) is 0 Å². The molecule has 26 rings (SSSR count). The van der Waals surface area contributed by atoms with E-state index in [0.29, 0.717) is 17.9 Å². The molecule has 1 aromatic heterocycles. The monoisotopic (exact) mass is 1810 g/mol. The number of para-hydroxylation sites is 3. The summed E-state index contributed by atoms with van der Waals surface area (Å²) < 4.78 is 13.8. The highest BCUT2D eigenvalue weighted by molar-refractivity contribution is 7.85. The van der Waals surface area contributed by atoms with Gasteiger partial charge in [0.2, 0.25) is 17.9 Å². The second kappa shape index (κ2) is 47.6. The van der Waals surface area contributed by atoms with Gasteiger partial charge in [0, 0.05) is 50.1 Å². The number of benzene rings is 18. The summed E-state index contributed by atoms with van der Waals surface area (Å²) in [4.78, 5) is 40.5. The number of nitrogens with zero attached hydrogens (tertiary/aromatic N) is 12. The summed E-state index contributed by atoms with van der Waals surface area (Å²) in [6.45, 7) is 0. The second-order valence-electron chi connectivity index (χ2n) is 31.2. The number of anilines is 3. The van der Waals surface area contributed by atoms with Crippen molar-refractivity contribution in [3.63, 3.8) is 0 Å². The van der Waals surface area contributed by atoms with Crippen molar-refractivity contribution in [2.75, 3.05) is 4.90 Å². The van der Waals surface area contributed by atoms with Crippen molar-refractivity contribution < 1.29 is 4.57 Å². The highest BCUT2D eigenvalue weighted by Crippen LogP contribution is 2.43. The van der Waals surface area contributed by atoms with Crippen LogP contribution in [0.25, 0.3) is 59.9 Å². The molecule has 0 unspecified atom stereocenters. The normalized spacial score (nSPS) is 12.9. The van der Waals surface area contributed by atoms with Gasteiger partial charge in [0.25, 0.3) is 0 Å². The summed E-state index contributed by atoms with van der Waals surface area (Å²) in [5, 5.41) is 20.3. The van der Waals surface area contributed by atoms with Gasteiger partial charge >= 0.3 is 0 Å². The maximum Gasteiger partial charge on any atom is 0.242 e. The third-order valence-corrected chi connectivity index (χ3v) is 28.0. The molecular formula is C122H96N12OP2. The number of fused-ring (bicyclic) bond motifs is 7. The van der Waals surface area contributed by atoms with Gasteiger partial charge in [0.15, 0.2) is 7.14 Å². The minimum absolute atomic E-state index is 0.446. The smallest absolute Gasteiger partial charge is 0.242 e. The van der Waals surface area contributed by atoms with Crippen molar-refractivity contribution in [1.82, 2.24) is 24.8 Å².